The SMILES string of the molecule is CN(C)/C=C/c1c(N=O)cccc1N=O. The highest BCUT2D eigenvalue weighted by atomic mass is 16.3. The fourth-order valence-electron chi connectivity index (χ4n) is 1.09. The van der Waals surface area contributed by atoms with Gasteiger partial charge in [0.1, 0.15) is 11.4 Å². The van der Waals surface area contributed by atoms with Gasteiger partial charge in [-0.05, 0) is 34.8 Å². The molecule has 5 heteroatoms. The minimum atomic E-state index is 0.213. The summed E-state index contributed by atoms with van der Waals surface area (Å²) in [5.74, 6) is 0. The lowest BCUT2D eigenvalue weighted by molar-refractivity contribution is 0.567. The Morgan fingerprint density at radius 1 is 1.13 bits per heavy atom. The number of nitroso groups, excluding NO2 is 2. The molecule has 0 fully saturated rings. The average molecular weight is 205 g/mol. The maximum absolute atomic E-state index is 10.5. The van der Waals surface area contributed by atoms with Crippen molar-refractivity contribution in [1.29, 1.82) is 0 Å². The third-order valence-corrected chi connectivity index (χ3v) is 1.80. The molecule has 0 spiro atoms. The Kier molecular flexibility index (Phi) is 3.68. The van der Waals surface area contributed by atoms with E-state index in [9.17, 15) is 9.81 Å². The molecule has 1 rings (SSSR count). The summed E-state index contributed by atoms with van der Waals surface area (Å²) in [5.41, 5.74) is 0.867. The summed E-state index contributed by atoms with van der Waals surface area (Å²) < 4.78 is 0. The van der Waals surface area contributed by atoms with E-state index in [0.717, 1.165) is 0 Å². The third-order valence-electron chi connectivity index (χ3n) is 1.80. The summed E-state index contributed by atoms with van der Waals surface area (Å²) in [7, 11) is 3.67. The Morgan fingerprint density at radius 3 is 2.07 bits per heavy atom. The van der Waals surface area contributed by atoms with E-state index < -0.39 is 0 Å². The number of hydrogen-bond donors (Lipinski definition) is 0. The predicted octanol–water partition coefficient (Wildman–Crippen LogP) is 3.01. The van der Waals surface area contributed by atoms with Gasteiger partial charge in [0.15, 0.2) is 0 Å². The molecule has 0 aromatic heterocycles. The van der Waals surface area contributed by atoms with Crippen LogP contribution in [0.25, 0.3) is 6.08 Å². The zero-order valence-electron chi connectivity index (χ0n) is 8.54. The molecule has 0 aliphatic heterocycles. The maximum atomic E-state index is 10.5. The van der Waals surface area contributed by atoms with Crippen LogP contribution >= 0.6 is 0 Å². The van der Waals surface area contributed by atoms with Gasteiger partial charge in [-0.1, -0.05) is 6.07 Å². The summed E-state index contributed by atoms with van der Waals surface area (Å²) in [6.45, 7) is 0. The van der Waals surface area contributed by atoms with Crippen molar-refractivity contribution >= 4 is 17.5 Å². The molecule has 0 radical (unpaired) electrons. The highest BCUT2D eigenvalue weighted by Gasteiger charge is 2.06. The molecule has 0 aliphatic carbocycles. The molecule has 0 amide bonds. The minimum absolute atomic E-state index is 0.213. The van der Waals surface area contributed by atoms with Gasteiger partial charge in [0.05, 0.1) is 0 Å². The van der Waals surface area contributed by atoms with Gasteiger partial charge in [-0.25, -0.2) is 0 Å². The van der Waals surface area contributed by atoms with Gasteiger partial charge in [0.2, 0.25) is 0 Å². The zero-order valence-corrected chi connectivity index (χ0v) is 8.54. The lowest BCUT2D eigenvalue weighted by atomic mass is 10.1. The number of rotatable bonds is 4. The smallest absolute Gasteiger partial charge is 0.117 e. The van der Waals surface area contributed by atoms with Crippen molar-refractivity contribution in [2.75, 3.05) is 14.1 Å². The lowest BCUT2D eigenvalue weighted by Gasteiger charge is -2.04. The van der Waals surface area contributed by atoms with Crippen LogP contribution in [0.2, 0.25) is 0 Å². The van der Waals surface area contributed by atoms with Crippen molar-refractivity contribution in [2.24, 2.45) is 10.4 Å². The van der Waals surface area contributed by atoms with Crippen molar-refractivity contribution in [3.05, 3.63) is 39.8 Å². The second kappa shape index (κ2) is 4.99. The van der Waals surface area contributed by atoms with Crippen LogP contribution in [0.5, 0.6) is 0 Å². The minimum Gasteiger partial charge on any atom is -0.383 e. The van der Waals surface area contributed by atoms with Crippen molar-refractivity contribution in [1.82, 2.24) is 4.90 Å². The lowest BCUT2D eigenvalue weighted by Crippen LogP contribution is -1.99. The Labute approximate surface area is 87.4 Å². The highest BCUT2D eigenvalue weighted by Crippen LogP contribution is 2.29. The molecule has 0 atom stereocenters. The van der Waals surface area contributed by atoms with Crippen molar-refractivity contribution in [3.63, 3.8) is 0 Å². The zero-order chi connectivity index (χ0) is 11.3. The molecule has 0 saturated heterocycles. The van der Waals surface area contributed by atoms with Crippen LogP contribution < -0.4 is 0 Å². The topological polar surface area (TPSA) is 62.1 Å². The molecule has 1 aromatic rings. The van der Waals surface area contributed by atoms with Crippen LogP contribution in [0.1, 0.15) is 5.56 Å². The van der Waals surface area contributed by atoms with E-state index in [2.05, 4.69) is 10.4 Å². The third kappa shape index (κ3) is 2.70. The van der Waals surface area contributed by atoms with E-state index in [-0.39, 0.29) is 11.4 Å². The molecule has 15 heavy (non-hydrogen) atoms. The van der Waals surface area contributed by atoms with Crippen molar-refractivity contribution < 1.29 is 0 Å². The maximum Gasteiger partial charge on any atom is 0.117 e. The summed E-state index contributed by atoms with van der Waals surface area (Å²) in [5, 5.41) is 5.68. The van der Waals surface area contributed by atoms with Crippen LogP contribution in [0.4, 0.5) is 11.4 Å². The summed E-state index contributed by atoms with van der Waals surface area (Å²) in [6.07, 6.45) is 3.35. The van der Waals surface area contributed by atoms with Gasteiger partial charge < -0.3 is 4.90 Å². The molecule has 78 valence electrons. The number of hydrogen-bond acceptors (Lipinski definition) is 5. The first-order chi connectivity index (χ1) is 7.19. The Balaban J connectivity index is 3.22. The van der Waals surface area contributed by atoms with Gasteiger partial charge in [0, 0.05) is 19.7 Å². The monoisotopic (exact) mass is 205 g/mol. The van der Waals surface area contributed by atoms with Crippen molar-refractivity contribution in [3.8, 4) is 0 Å². The van der Waals surface area contributed by atoms with Gasteiger partial charge >= 0.3 is 0 Å². The largest absolute Gasteiger partial charge is 0.383 e. The molecule has 0 N–H and O–H groups in total. The predicted molar refractivity (Wildman–Crippen MR) is 60.1 cm³/mol. The Bertz CT molecular complexity index is 373. The van der Waals surface area contributed by atoms with Gasteiger partial charge in [0.25, 0.3) is 0 Å². The standard InChI is InChI=1S/C10H11N3O2/c1-13(2)7-6-8-9(11-14)4-3-5-10(8)12-15/h3-7H,1-2H3/b7-6+. The van der Waals surface area contributed by atoms with Crippen LogP contribution in [0.15, 0.2) is 34.8 Å². The van der Waals surface area contributed by atoms with Crippen LogP contribution in [-0.2, 0) is 0 Å². The average Bonchev–Trinajstić information content (AvgIpc) is 2.25. The molecule has 1 aromatic carbocycles. The second-order valence-electron chi connectivity index (χ2n) is 3.17. The Hall–Kier alpha value is -2.04. The van der Waals surface area contributed by atoms with E-state index in [0.29, 0.717) is 5.56 Å². The molecule has 0 aliphatic rings. The highest BCUT2D eigenvalue weighted by molar-refractivity contribution is 5.74. The van der Waals surface area contributed by atoms with E-state index in [4.69, 9.17) is 0 Å². The molecule has 0 bridgehead atoms. The van der Waals surface area contributed by atoms with Crippen LogP contribution in [0.3, 0.4) is 0 Å². The summed E-state index contributed by atoms with van der Waals surface area (Å²) >= 11 is 0. The quantitative estimate of drug-likeness (QED) is 0.710. The molecule has 0 heterocycles. The first-order valence-electron chi connectivity index (χ1n) is 4.33. The first-order valence-corrected chi connectivity index (χ1v) is 4.33. The summed E-state index contributed by atoms with van der Waals surface area (Å²) in [6, 6.07) is 4.65. The fraction of sp³-hybridized carbons (Fsp3) is 0.200. The molecular formula is C10H11N3O2. The first kappa shape index (κ1) is 11.0. The normalized spacial score (nSPS) is 10.3. The number of nitrogens with zero attached hydrogens (tertiary/aromatic N) is 3. The van der Waals surface area contributed by atoms with E-state index >= 15 is 0 Å². The van der Waals surface area contributed by atoms with E-state index in [1.165, 1.54) is 12.1 Å². The molecule has 5 nitrogen and oxygen atoms in total. The van der Waals surface area contributed by atoms with E-state index in [1.807, 2.05) is 14.1 Å². The van der Waals surface area contributed by atoms with E-state index in [1.54, 1.807) is 23.2 Å². The number of benzene rings is 1. The van der Waals surface area contributed by atoms with Gasteiger partial charge in [-0.3, -0.25) is 0 Å². The van der Waals surface area contributed by atoms with Gasteiger partial charge in [-0.2, -0.15) is 0 Å². The van der Waals surface area contributed by atoms with Gasteiger partial charge in [-0.15, -0.1) is 9.81 Å². The summed E-state index contributed by atoms with van der Waals surface area (Å²) in [4.78, 5) is 22.8. The Morgan fingerprint density at radius 2 is 1.67 bits per heavy atom. The molecule has 0 saturated carbocycles. The second-order valence-corrected chi connectivity index (χ2v) is 3.17. The van der Waals surface area contributed by atoms with Crippen molar-refractivity contribution in [2.45, 2.75) is 0 Å². The molecular weight excluding hydrogens is 194 g/mol. The molecule has 0 unspecified atom stereocenters. The fourth-order valence-corrected chi connectivity index (χ4v) is 1.09. The van der Waals surface area contributed by atoms with Crippen LogP contribution in [0, 0.1) is 9.81 Å². The van der Waals surface area contributed by atoms with Crippen LogP contribution in [-0.4, -0.2) is 19.0 Å².